The first-order valence-electron chi connectivity index (χ1n) is 9.12. The highest BCUT2D eigenvalue weighted by atomic mass is 16.5. The Morgan fingerprint density at radius 3 is 2.85 bits per heavy atom. The van der Waals surface area contributed by atoms with Crippen molar-refractivity contribution in [3.8, 4) is 17.3 Å². The van der Waals surface area contributed by atoms with Crippen LogP contribution in [0.4, 0.5) is 0 Å². The molecule has 4 rings (SSSR count). The molecule has 0 aliphatic carbocycles. The Labute approximate surface area is 157 Å². The number of hydrogen-bond donors (Lipinski definition) is 0. The van der Waals surface area contributed by atoms with Gasteiger partial charge in [-0.3, -0.25) is 9.48 Å². The number of rotatable bonds is 4. The number of fused-ring (bicyclic) bond motifs is 1. The van der Waals surface area contributed by atoms with Crippen molar-refractivity contribution in [3.63, 3.8) is 0 Å². The summed E-state index contributed by atoms with van der Waals surface area (Å²) in [6.45, 7) is 7.75. The van der Waals surface area contributed by atoms with E-state index in [0.29, 0.717) is 30.1 Å². The van der Waals surface area contributed by atoms with Gasteiger partial charge in [-0.15, -0.1) is 0 Å². The summed E-state index contributed by atoms with van der Waals surface area (Å²) in [6, 6.07) is 0. The van der Waals surface area contributed by atoms with Gasteiger partial charge in [0.15, 0.2) is 11.2 Å². The minimum absolute atomic E-state index is 0.0671. The molecule has 0 unspecified atom stereocenters. The number of imidazole rings is 1. The second-order valence-corrected chi connectivity index (χ2v) is 6.80. The molecule has 0 aromatic carbocycles. The first-order valence-corrected chi connectivity index (χ1v) is 9.12. The molecule has 1 fully saturated rings. The highest BCUT2D eigenvalue weighted by Gasteiger charge is 2.27. The van der Waals surface area contributed by atoms with Gasteiger partial charge in [0.25, 0.3) is 0 Å². The zero-order valence-electron chi connectivity index (χ0n) is 16.0. The molecule has 0 saturated carbocycles. The van der Waals surface area contributed by atoms with Crippen molar-refractivity contribution in [3.05, 3.63) is 18.2 Å². The highest BCUT2D eigenvalue weighted by molar-refractivity contribution is 5.81. The van der Waals surface area contributed by atoms with Gasteiger partial charge in [-0.2, -0.15) is 10.1 Å². The average Bonchev–Trinajstić information content (AvgIpc) is 3.34. The third-order valence-electron chi connectivity index (χ3n) is 5.13. The van der Waals surface area contributed by atoms with E-state index in [4.69, 9.17) is 9.72 Å². The maximum absolute atomic E-state index is 11.5. The van der Waals surface area contributed by atoms with Crippen LogP contribution in [0.15, 0.2) is 12.5 Å². The molecule has 0 radical (unpaired) electrons. The number of aromatic nitrogens is 6. The fourth-order valence-electron chi connectivity index (χ4n) is 3.56. The number of aryl methyl sites for hydroxylation is 2. The molecule has 1 atom stereocenters. The maximum Gasteiger partial charge on any atom is 0.245 e. The molecule has 9 nitrogen and oxygen atoms in total. The van der Waals surface area contributed by atoms with Crippen LogP contribution in [-0.2, 0) is 18.4 Å². The van der Waals surface area contributed by atoms with E-state index in [2.05, 4.69) is 22.0 Å². The van der Waals surface area contributed by atoms with Crippen LogP contribution in [0, 0.1) is 6.92 Å². The fraction of sp³-hybridized carbons (Fsp3) is 0.500. The summed E-state index contributed by atoms with van der Waals surface area (Å²) in [4.78, 5) is 26.8. The maximum atomic E-state index is 11.5. The van der Waals surface area contributed by atoms with Gasteiger partial charge >= 0.3 is 0 Å². The second kappa shape index (κ2) is 6.64. The molecule has 0 N–H and O–H groups in total. The van der Waals surface area contributed by atoms with E-state index >= 15 is 0 Å². The van der Waals surface area contributed by atoms with Crippen LogP contribution in [0.1, 0.15) is 26.0 Å². The lowest BCUT2D eigenvalue weighted by atomic mass is 10.2. The minimum atomic E-state index is -0.0815. The average molecular weight is 369 g/mol. The van der Waals surface area contributed by atoms with Crippen LogP contribution in [-0.4, -0.2) is 59.3 Å². The van der Waals surface area contributed by atoms with Crippen molar-refractivity contribution in [1.82, 2.24) is 34.2 Å². The Morgan fingerprint density at radius 1 is 1.37 bits per heavy atom. The van der Waals surface area contributed by atoms with Gasteiger partial charge in [0.2, 0.25) is 11.8 Å². The Bertz CT molecular complexity index is 1010. The van der Waals surface area contributed by atoms with Crippen LogP contribution in [0.25, 0.3) is 22.6 Å². The summed E-state index contributed by atoms with van der Waals surface area (Å²) in [5.41, 5.74) is 3.35. The van der Waals surface area contributed by atoms with Gasteiger partial charge in [0.1, 0.15) is 18.3 Å². The Kier molecular flexibility index (Phi) is 4.29. The topological polar surface area (TPSA) is 91.0 Å². The number of carbonyl (C=O) groups excluding carboxylic acids is 1. The number of amides is 1. The summed E-state index contributed by atoms with van der Waals surface area (Å²) in [5, 5.41) is 4.41. The lowest BCUT2D eigenvalue weighted by molar-refractivity contribution is -0.128. The molecule has 142 valence electrons. The Hall–Kier alpha value is -2.97. The second-order valence-electron chi connectivity index (χ2n) is 6.80. The van der Waals surface area contributed by atoms with Crippen LogP contribution in [0.3, 0.4) is 0 Å². The number of nitrogens with zero attached hydrogens (tertiary/aromatic N) is 7. The molecular formula is C18H23N7O2. The van der Waals surface area contributed by atoms with E-state index in [1.54, 1.807) is 11.8 Å². The van der Waals surface area contributed by atoms with Crippen molar-refractivity contribution in [2.75, 3.05) is 13.1 Å². The number of ether oxygens (including phenoxy) is 1. The fourth-order valence-corrected chi connectivity index (χ4v) is 3.56. The molecule has 4 heterocycles. The van der Waals surface area contributed by atoms with Crippen LogP contribution < -0.4 is 4.74 Å². The summed E-state index contributed by atoms with van der Waals surface area (Å²) >= 11 is 0. The summed E-state index contributed by atoms with van der Waals surface area (Å²) < 4.78 is 9.96. The molecule has 9 heteroatoms. The van der Waals surface area contributed by atoms with E-state index in [1.807, 2.05) is 29.4 Å². The molecular weight excluding hydrogens is 346 g/mol. The summed E-state index contributed by atoms with van der Waals surface area (Å²) in [6.07, 6.45) is 4.02. The molecule has 1 amide bonds. The molecule has 0 spiro atoms. The van der Waals surface area contributed by atoms with E-state index < -0.39 is 0 Å². The summed E-state index contributed by atoms with van der Waals surface area (Å²) in [7, 11) is 1.93. The molecule has 0 bridgehead atoms. The molecule has 1 aliphatic rings. The van der Waals surface area contributed by atoms with Crippen molar-refractivity contribution in [2.24, 2.45) is 7.05 Å². The minimum Gasteiger partial charge on any atom is -0.471 e. The predicted octanol–water partition coefficient (Wildman–Crippen LogP) is 1.55. The lowest BCUT2D eigenvalue weighted by Gasteiger charge is -2.14. The van der Waals surface area contributed by atoms with Crippen molar-refractivity contribution >= 4 is 17.1 Å². The first-order chi connectivity index (χ1) is 13.0. The zero-order chi connectivity index (χ0) is 19.1. The van der Waals surface area contributed by atoms with E-state index in [-0.39, 0.29) is 12.0 Å². The van der Waals surface area contributed by atoms with Gasteiger partial charge in [-0.25, -0.2) is 9.97 Å². The van der Waals surface area contributed by atoms with E-state index in [0.717, 1.165) is 30.0 Å². The molecule has 1 saturated heterocycles. The van der Waals surface area contributed by atoms with E-state index in [1.165, 1.54) is 6.33 Å². The molecule has 3 aromatic rings. The van der Waals surface area contributed by atoms with Crippen molar-refractivity contribution in [2.45, 2.75) is 39.8 Å². The standard InChI is InChI=1S/C18H23N7O2/c1-5-25-11(2)14(8-21-25)16-22-15-17(23(16)4)19-10-20-18(15)27-13-6-7-24(9-13)12(3)26/h8,10,13H,5-7,9H2,1-4H3/t13-/m0/s1. The smallest absolute Gasteiger partial charge is 0.245 e. The highest BCUT2D eigenvalue weighted by Crippen LogP contribution is 2.29. The van der Waals surface area contributed by atoms with Crippen molar-refractivity contribution < 1.29 is 9.53 Å². The zero-order valence-corrected chi connectivity index (χ0v) is 16.0. The van der Waals surface area contributed by atoms with Gasteiger partial charge in [0.05, 0.1) is 18.3 Å². The molecule has 3 aromatic heterocycles. The Morgan fingerprint density at radius 2 is 2.19 bits per heavy atom. The van der Waals surface area contributed by atoms with Crippen LogP contribution in [0.2, 0.25) is 0 Å². The first kappa shape index (κ1) is 17.4. The number of hydrogen-bond acceptors (Lipinski definition) is 6. The van der Waals surface area contributed by atoms with Crippen LogP contribution in [0.5, 0.6) is 5.88 Å². The number of likely N-dealkylation sites (tertiary alicyclic amines) is 1. The van der Waals surface area contributed by atoms with Gasteiger partial charge in [-0.1, -0.05) is 0 Å². The van der Waals surface area contributed by atoms with Crippen LogP contribution >= 0.6 is 0 Å². The third kappa shape index (κ3) is 2.92. The predicted molar refractivity (Wildman–Crippen MR) is 99.2 cm³/mol. The molecule has 27 heavy (non-hydrogen) atoms. The summed E-state index contributed by atoms with van der Waals surface area (Å²) in [5.74, 6) is 1.31. The lowest BCUT2D eigenvalue weighted by Crippen LogP contribution is -2.28. The quantitative estimate of drug-likeness (QED) is 0.693. The van der Waals surface area contributed by atoms with Gasteiger partial charge in [0, 0.05) is 39.2 Å². The van der Waals surface area contributed by atoms with Gasteiger partial charge < -0.3 is 14.2 Å². The SMILES string of the molecule is CCn1ncc(-c2nc3c(O[C@H]4CCN(C(C)=O)C4)ncnc3n2C)c1C. The van der Waals surface area contributed by atoms with Gasteiger partial charge in [-0.05, 0) is 13.8 Å². The monoisotopic (exact) mass is 369 g/mol. The van der Waals surface area contributed by atoms with Crippen molar-refractivity contribution in [1.29, 1.82) is 0 Å². The van der Waals surface area contributed by atoms with E-state index in [9.17, 15) is 4.79 Å². The normalized spacial score (nSPS) is 17.0. The third-order valence-corrected chi connectivity index (χ3v) is 5.13. The Balaban J connectivity index is 1.70. The largest absolute Gasteiger partial charge is 0.471 e. The molecule has 1 aliphatic heterocycles. The number of carbonyl (C=O) groups is 1.